The minimum absolute atomic E-state index is 0.0297. The van der Waals surface area contributed by atoms with Crippen LogP contribution in [-0.4, -0.2) is 4.92 Å². The first-order valence-electron chi connectivity index (χ1n) is 6.80. The second-order valence-electron chi connectivity index (χ2n) is 4.83. The van der Waals surface area contributed by atoms with E-state index in [-0.39, 0.29) is 11.4 Å². The van der Waals surface area contributed by atoms with E-state index in [0.29, 0.717) is 12.3 Å². The molecule has 0 aliphatic carbocycles. The zero-order chi connectivity index (χ0) is 15.4. The lowest BCUT2D eigenvalue weighted by atomic mass is 10.1. The zero-order valence-electron chi connectivity index (χ0n) is 12.1. The summed E-state index contributed by atoms with van der Waals surface area (Å²) in [6, 6.07) is 10.6. The molecule has 0 saturated carbocycles. The van der Waals surface area contributed by atoms with Gasteiger partial charge in [-0.05, 0) is 31.0 Å². The van der Waals surface area contributed by atoms with Crippen LogP contribution in [-0.2, 0) is 13.0 Å². The number of hydrogen-bond donors (Lipinski definition) is 1. The van der Waals surface area contributed by atoms with Crippen molar-refractivity contribution in [3.8, 4) is 11.5 Å². The van der Waals surface area contributed by atoms with Crippen molar-refractivity contribution in [1.82, 2.24) is 0 Å². The SMILES string of the molecule is CCc1ccc(Oc2ccc(C)cc2CN)c([N+](=O)[O-])c1. The van der Waals surface area contributed by atoms with Gasteiger partial charge in [0.15, 0.2) is 0 Å². The third-order valence-corrected chi connectivity index (χ3v) is 3.28. The van der Waals surface area contributed by atoms with Crippen molar-refractivity contribution in [1.29, 1.82) is 0 Å². The molecule has 0 unspecified atom stereocenters. The molecule has 0 aromatic heterocycles. The minimum Gasteiger partial charge on any atom is -0.450 e. The summed E-state index contributed by atoms with van der Waals surface area (Å²) in [5, 5.41) is 11.2. The highest BCUT2D eigenvalue weighted by Crippen LogP contribution is 2.34. The van der Waals surface area contributed by atoms with Crippen molar-refractivity contribution < 1.29 is 9.66 Å². The van der Waals surface area contributed by atoms with E-state index in [1.165, 1.54) is 0 Å². The molecular formula is C16H18N2O3. The van der Waals surface area contributed by atoms with Crippen molar-refractivity contribution in [3.63, 3.8) is 0 Å². The summed E-state index contributed by atoms with van der Waals surface area (Å²) in [5.41, 5.74) is 8.46. The van der Waals surface area contributed by atoms with Crippen LogP contribution in [0.1, 0.15) is 23.6 Å². The first-order chi connectivity index (χ1) is 10.0. The number of nitrogens with two attached hydrogens (primary N) is 1. The fourth-order valence-corrected chi connectivity index (χ4v) is 2.10. The van der Waals surface area contributed by atoms with Gasteiger partial charge in [-0.2, -0.15) is 0 Å². The topological polar surface area (TPSA) is 78.4 Å². The van der Waals surface area contributed by atoms with Crippen molar-refractivity contribution in [2.24, 2.45) is 5.73 Å². The fourth-order valence-electron chi connectivity index (χ4n) is 2.10. The van der Waals surface area contributed by atoms with Crippen LogP contribution in [0.25, 0.3) is 0 Å². The molecule has 2 aromatic carbocycles. The molecule has 21 heavy (non-hydrogen) atoms. The number of ether oxygens (including phenoxy) is 1. The molecule has 0 heterocycles. The molecule has 5 nitrogen and oxygen atoms in total. The van der Waals surface area contributed by atoms with E-state index < -0.39 is 4.92 Å². The predicted octanol–water partition coefficient (Wildman–Crippen LogP) is 3.72. The van der Waals surface area contributed by atoms with Gasteiger partial charge in [0.05, 0.1) is 4.92 Å². The monoisotopic (exact) mass is 286 g/mol. The lowest BCUT2D eigenvalue weighted by Gasteiger charge is -2.11. The molecule has 2 rings (SSSR count). The zero-order valence-corrected chi connectivity index (χ0v) is 12.1. The normalized spacial score (nSPS) is 10.4. The van der Waals surface area contributed by atoms with Crippen LogP contribution in [0.5, 0.6) is 11.5 Å². The maximum Gasteiger partial charge on any atom is 0.311 e. The van der Waals surface area contributed by atoms with Crippen LogP contribution in [0.3, 0.4) is 0 Å². The Morgan fingerprint density at radius 2 is 1.90 bits per heavy atom. The number of aryl methyl sites for hydroxylation is 2. The molecule has 2 N–H and O–H groups in total. The van der Waals surface area contributed by atoms with Crippen LogP contribution in [0, 0.1) is 17.0 Å². The highest BCUT2D eigenvalue weighted by atomic mass is 16.6. The van der Waals surface area contributed by atoms with Crippen molar-refractivity contribution in [2.75, 3.05) is 0 Å². The van der Waals surface area contributed by atoms with E-state index in [2.05, 4.69) is 0 Å². The fraction of sp³-hybridized carbons (Fsp3) is 0.250. The van der Waals surface area contributed by atoms with Gasteiger partial charge in [-0.3, -0.25) is 10.1 Å². The number of nitrogens with zero attached hydrogens (tertiary/aromatic N) is 1. The summed E-state index contributed by atoms with van der Waals surface area (Å²) in [4.78, 5) is 10.8. The van der Waals surface area contributed by atoms with E-state index in [0.717, 1.165) is 23.1 Å². The van der Waals surface area contributed by atoms with Crippen LogP contribution >= 0.6 is 0 Å². The lowest BCUT2D eigenvalue weighted by Crippen LogP contribution is -2.01. The first-order valence-corrected chi connectivity index (χ1v) is 6.80. The van der Waals surface area contributed by atoms with Gasteiger partial charge < -0.3 is 10.5 Å². The Balaban J connectivity index is 2.42. The largest absolute Gasteiger partial charge is 0.450 e. The van der Waals surface area contributed by atoms with Crippen LogP contribution in [0.2, 0.25) is 0 Å². The number of benzene rings is 2. The van der Waals surface area contributed by atoms with Crippen molar-refractivity contribution in [3.05, 3.63) is 63.2 Å². The molecule has 0 aliphatic heterocycles. The lowest BCUT2D eigenvalue weighted by molar-refractivity contribution is -0.385. The molecule has 0 saturated heterocycles. The third-order valence-electron chi connectivity index (χ3n) is 3.28. The summed E-state index contributed by atoms with van der Waals surface area (Å²) in [6.07, 6.45) is 0.736. The Morgan fingerprint density at radius 3 is 2.52 bits per heavy atom. The molecule has 110 valence electrons. The maximum absolute atomic E-state index is 11.2. The average Bonchev–Trinajstić information content (AvgIpc) is 2.49. The van der Waals surface area contributed by atoms with E-state index in [1.807, 2.05) is 32.0 Å². The molecule has 0 radical (unpaired) electrons. The van der Waals surface area contributed by atoms with Gasteiger partial charge in [-0.1, -0.05) is 30.7 Å². The number of rotatable bonds is 5. The molecular weight excluding hydrogens is 268 g/mol. The summed E-state index contributed by atoms with van der Waals surface area (Å²) >= 11 is 0. The molecule has 0 fully saturated rings. The molecule has 0 aliphatic rings. The van der Waals surface area contributed by atoms with E-state index >= 15 is 0 Å². The van der Waals surface area contributed by atoms with Gasteiger partial charge in [0, 0.05) is 18.2 Å². The highest BCUT2D eigenvalue weighted by molar-refractivity contribution is 5.51. The Kier molecular flexibility index (Phi) is 4.55. The average molecular weight is 286 g/mol. The quantitative estimate of drug-likeness (QED) is 0.671. The second kappa shape index (κ2) is 6.37. The van der Waals surface area contributed by atoms with Gasteiger partial charge >= 0.3 is 5.69 Å². The molecule has 0 amide bonds. The van der Waals surface area contributed by atoms with Crippen LogP contribution in [0.15, 0.2) is 36.4 Å². The molecule has 0 spiro atoms. The van der Waals surface area contributed by atoms with Gasteiger partial charge in [0.25, 0.3) is 0 Å². The minimum atomic E-state index is -0.426. The smallest absolute Gasteiger partial charge is 0.311 e. The predicted molar refractivity (Wildman–Crippen MR) is 81.6 cm³/mol. The van der Waals surface area contributed by atoms with Gasteiger partial charge in [0.2, 0.25) is 5.75 Å². The van der Waals surface area contributed by atoms with Crippen molar-refractivity contribution in [2.45, 2.75) is 26.8 Å². The van der Waals surface area contributed by atoms with Crippen LogP contribution in [0.4, 0.5) is 5.69 Å². The summed E-state index contributed by atoms with van der Waals surface area (Å²) < 4.78 is 5.73. The Bertz CT molecular complexity index is 669. The molecule has 0 atom stereocenters. The second-order valence-corrected chi connectivity index (χ2v) is 4.83. The third kappa shape index (κ3) is 3.38. The molecule has 0 bridgehead atoms. The maximum atomic E-state index is 11.2. The molecule has 2 aromatic rings. The number of nitro groups is 1. The number of nitro benzene ring substituents is 1. The highest BCUT2D eigenvalue weighted by Gasteiger charge is 2.17. The van der Waals surface area contributed by atoms with Crippen molar-refractivity contribution >= 4 is 5.69 Å². The van der Waals surface area contributed by atoms with E-state index in [9.17, 15) is 10.1 Å². The van der Waals surface area contributed by atoms with Crippen LogP contribution < -0.4 is 10.5 Å². The summed E-state index contributed by atoms with van der Waals surface area (Å²) in [6.45, 7) is 4.23. The van der Waals surface area contributed by atoms with Gasteiger partial charge in [-0.25, -0.2) is 0 Å². The standard InChI is InChI=1S/C16H18N2O3/c1-3-12-5-7-16(14(9-12)18(19)20)21-15-6-4-11(2)8-13(15)10-17/h4-9H,3,10,17H2,1-2H3. The Labute approximate surface area is 123 Å². The Morgan fingerprint density at radius 1 is 1.19 bits per heavy atom. The summed E-state index contributed by atoms with van der Waals surface area (Å²) in [7, 11) is 0. The van der Waals surface area contributed by atoms with Gasteiger partial charge in [-0.15, -0.1) is 0 Å². The van der Waals surface area contributed by atoms with E-state index in [1.54, 1.807) is 18.2 Å². The Hall–Kier alpha value is -2.40. The van der Waals surface area contributed by atoms with E-state index in [4.69, 9.17) is 10.5 Å². The first kappa shape index (κ1) is 15.0. The molecule has 5 heteroatoms. The van der Waals surface area contributed by atoms with Gasteiger partial charge in [0.1, 0.15) is 5.75 Å². The number of hydrogen-bond acceptors (Lipinski definition) is 4. The summed E-state index contributed by atoms with van der Waals surface area (Å²) in [5.74, 6) is 0.784.